The van der Waals surface area contributed by atoms with Crippen LogP contribution >= 0.6 is 0 Å². The van der Waals surface area contributed by atoms with Gasteiger partial charge in [0.05, 0.1) is 19.6 Å². The SMILES string of the molecule is C#Cc1ccc(Oc2ccc(S(=O)(=O)c3ccc(Oc4ccc(C(C)(C)c5ccc(Oc6ccc(S(=O)(=O)c7ccc(Oc8ccc(C#Cc9ccccc9)cc8)c(C)c7)cc6C)cc5)cc4)c(C)c3)cc2C)cc1. The summed E-state index contributed by atoms with van der Waals surface area (Å²) in [7, 11) is -7.69. The Labute approximate surface area is 440 Å². The zero-order valence-electron chi connectivity index (χ0n) is 42.2. The second-order valence-electron chi connectivity index (χ2n) is 18.6. The Kier molecular flexibility index (Phi) is 14.5. The lowest BCUT2D eigenvalue weighted by atomic mass is 9.78. The van der Waals surface area contributed by atoms with Crippen molar-refractivity contribution in [3.05, 3.63) is 250 Å². The van der Waals surface area contributed by atoms with Crippen LogP contribution in [0.2, 0.25) is 0 Å². The molecule has 0 aliphatic rings. The molecule has 9 aromatic rings. The third-order valence-electron chi connectivity index (χ3n) is 12.9. The summed E-state index contributed by atoms with van der Waals surface area (Å²) in [6.45, 7) is 11.5. The zero-order chi connectivity index (χ0) is 52.9. The minimum absolute atomic E-state index is 0.156. The normalized spacial score (nSPS) is 11.4. The van der Waals surface area contributed by atoms with Crippen molar-refractivity contribution in [2.75, 3.05) is 0 Å². The van der Waals surface area contributed by atoms with Crippen LogP contribution in [0.25, 0.3) is 0 Å². The smallest absolute Gasteiger partial charge is 0.206 e. The number of sulfone groups is 2. The molecule has 0 saturated heterocycles. The van der Waals surface area contributed by atoms with Crippen molar-refractivity contribution < 1.29 is 35.8 Å². The van der Waals surface area contributed by atoms with Crippen LogP contribution < -0.4 is 18.9 Å². The van der Waals surface area contributed by atoms with E-state index in [1.165, 1.54) is 0 Å². The summed E-state index contributed by atoms with van der Waals surface area (Å²) in [5.41, 5.74) is 6.92. The van der Waals surface area contributed by atoms with Crippen molar-refractivity contribution in [3.63, 3.8) is 0 Å². The molecule has 0 spiro atoms. The van der Waals surface area contributed by atoms with Crippen LogP contribution in [0.15, 0.2) is 220 Å². The van der Waals surface area contributed by atoms with E-state index in [1.54, 1.807) is 104 Å². The summed E-state index contributed by atoms with van der Waals surface area (Å²) in [4.78, 5) is 0.633. The summed E-state index contributed by atoms with van der Waals surface area (Å²) in [6.07, 6.45) is 5.46. The zero-order valence-corrected chi connectivity index (χ0v) is 43.8. The van der Waals surface area contributed by atoms with Crippen LogP contribution in [-0.2, 0) is 25.1 Å². The molecule has 0 fully saturated rings. The molecule has 10 heteroatoms. The highest BCUT2D eigenvalue weighted by atomic mass is 32.2. The van der Waals surface area contributed by atoms with E-state index in [-0.39, 0.29) is 19.6 Å². The van der Waals surface area contributed by atoms with Gasteiger partial charge in [-0.2, -0.15) is 0 Å². The lowest BCUT2D eigenvalue weighted by Crippen LogP contribution is -2.18. The molecule has 9 rings (SSSR count). The van der Waals surface area contributed by atoms with Crippen molar-refractivity contribution in [3.8, 4) is 70.2 Å². The number of hydrogen-bond acceptors (Lipinski definition) is 8. The molecule has 0 saturated carbocycles. The lowest BCUT2D eigenvalue weighted by Gasteiger charge is -2.26. The predicted molar refractivity (Wildman–Crippen MR) is 294 cm³/mol. The topological polar surface area (TPSA) is 105 Å². The standard InChI is InChI=1S/C65H52O8S2/c1-8-48-16-24-53(25-17-48)70-61-36-32-57(40-44(61)2)74(66,67)59-34-38-63(46(4)42-59)72-55-28-20-51(21-29-55)65(6,7)52-22-30-56(31-23-52)73-64-39-35-60(43-47(64)5)75(68,69)58-33-37-62(45(3)41-58)71-54-26-18-50(19-27-54)15-14-49-12-10-9-11-13-49/h1,9-13,16-43H,2-7H3. The average molecular weight is 1030 g/mol. The second-order valence-corrected chi connectivity index (χ2v) is 22.5. The van der Waals surface area contributed by atoms with E-state index in [0.717, 1.165) is 27.8 Å². The average Bonchev–Trinajstić information content (AvgIpc) is 3.41. The van der Waals surface area contributed by atoms with Crippen LogP contribution in [0.3, 0.4) is 0 Å². The molecule has 0 aromatic heterocycles. The summed E-state index contributed by atoms with van der Waals surface area (Å²) >= 11 is 0. The highest BCUT2D eigenvalue weighted by Gasteiger charge is 2.25. The Hall–Kier alpha value is -8.80. The Balaban J connectivity index is 0.802. The molecule has 8 nitrogen and oxygen atoms in total. The van der Waals surface area contributed by atoms with E-state index in [4.69, 9.17) is 25.4 Å². The molecule has 0 radical (unpaired) electrons. The van der Waals surface area contributed by atoms with Crippen molar-refractivity contribution >= 4 is 19.7 Å². The van der Waals surface area contributed by atoms with Crippen LogP contribution in [0.5, 0.6) is 46.0 Å². The molecule has 0 aliphatic carbocycles. The van der Waals surface area contributed by atoms with Gasteiger partial charge >= 0.3 is 0 Å². The second kappa shape index (κ2) is 21.3. The summed E-state index contributed by atoms with van der Waals surface area (Å²) < 4.78 is 79.9. The fraction of sp³-hybridized carbons (Fsp3) is 0.108. The van der Waals surface area contributed by atoms with E-state index in [2.05, 4.69) is 31.6 Å². The first-order valence-corrected chi connectivity index (χ1v) is 27.0. The molecular weight excluding hydrogens is 973 g/mol. The Morgan fingerprint density at radius 2 is 0.640 bits per heavy atom. The summed E-state index contributed by atoms with van der Waals surface area (Å²) in [6, 6.07) is 59.4. The van der Waals surface area contributed by atoms with Crippen molar-refractivity contribution in [2.45, 2.75) is 66.5 Å². The van der Waals surface area contributed by atoms with Crippen LogP contribution in [0.1, 0.15) is 63.9 Å². The summed E-state index contributed by atoms with van der Waals surface area (Å²) in [5.74, 6) is 13.5. The van der Waals surface area contributed by atoms with Crippen molar-refractivity contribution in [1.82, 2.24) is 0 Å². The molecule has 0 N–H and O–H groups in total. The van der Waals surface area contributed by atoms with Crippen LogP contribution in [0, 0.1) is 51.9 Å². The maximum atomic E-state index is 13.9. The maximum Gasteiger partial charge on any atom is 0.206 e. The van der Waals surface area contributed by atoms with Crippen molar-refractivity contribution in [2.24, 2.45) is 0 Å². The predicted octanol–water partition coefficient (Wildman–Crippen LogP) is 15.5. The highest BCUT2D eigenvalue weighted by molar-refractivity contribution is 7.91. The van der Waals surface area contributed by atoms with Gasteiger partial charge in [0.25, 0.3) is 0 Å². The van der Waals surface area contributed by atoms with Crippen LogP contribution in [-0.4, -0.2) is 16.8 Å². The number of rotatable bonds is 14. The van der Waals surface area contributed by atoms with E-state index in [1.807, 2.05) is 124 Å². The molecular formula is C65H52O8S2. The van der Waals surface area contributed by atoms with E-state index in [0.29, 0.717) is 68.2 Å². The van der Waals surface area contributed by atoms with Gasteiger partial charge in [0.1, 0.15) is 46.0 Å². The molecule has 9 aromatic carbocycles. The van der Waals surface area contributed by atoms with Gasteiger partial charge in [0.15, 0.2) is 0 Å². The molecule has 0 aliphatic heterocycles. The monoisotopic (exact) mass is 1020 g/mol. The third-order valence-corrected chi connectivity index (χ3v) is 16.4. The lowest BCUT2D eigenvalue weighted by molar-refractivity contribution is 0.477. The maximum absolute atomic E-state index is 13.9. The largest absolute Gasteiger partial charge is 0.457 e. The van der Waals surface area contributed by atoms with Gasteiger partial charge in [-0.1, -0.05) is 74.1 Å². The Morgan fingerprint density at radius 1 is 0.360 bits per heavy atom. The molecule has 0 heterocycles. The molecule has 372 valence electrons. The third kappa shape index (κ3) is 11.5. The number of aryl methyl sites for hydroxylation is 4. The quantitative estimate of drug-likeness (QED) is 0.0992. The van der Waals surface area contributed by atoms with Crippen molar-refractivity contribution in [1.29, 1.82) is 0 Å². The Bertz CT molecular complexity index is 3900. The molecule has 0 unspecified atom stereocenters. The summed E-state index contributed by atoms with van der Waals surface area (Å²) in [5, 5.41) is 0. The number of ether oxygens (including phenoxy) is 4. The van der Waals surface area contributed by atoms with Gasteiger partial charge in [-0.25, -0.2) is 16.8 Å². The molecule has 0 amide bonds. The number of terminal acetylenes is 1. The van der Waals surface area contributed by atoms with Gasteiger partial charge in [-0.05, 0) is 219 Å². The van der Waals surface area contributed by atoms with E-state index < -0.39 is 25.1 Å². The fourth-order valence-electron chi connectivity index (χ4n) is 8.33. The highest BCUT2D eigenvalue weighted by Crippen LogP contribution is 2.38. The van der Waals surface area contributed by atoms with Crippen LogP contribution in [0.4, 0.5) is 0 Å². The van der Waals surface area contributed by atoms with E-state index in [9.17, 15) is 16.8 Å². The van der Waals surface area contributed by atoms with Gasteiger partial charge < -0.3 is 18.9 Å². The van der Waals surface area contributed by atoms with Gasteiger partial charge in [-0.3, -0.25) is 0 Å². The minimum Gasteiger partial charge on any atom is -0.457 e. The minimum atomic E-state index is -3.85. The van der Waals surface area contributed by atoms with Gasteiger partial charge in [0.2, 0.25) is 19.7 Å². The molecule has 0 atom stereocenters. The van der Waals surface area contributed by atoms with Gasteiger partial charge in [-0.15, -0.1) is 6.42 Å². The van der Waals surface area contributed by atoms with E-state index >= 15 is 0 Å². The molecule has 75 heavy (non-hydrogen) atoms. The first-order chi connectivity index (χ1) is 36.0. The number of hydrogen-bond donors (Lipinski definition) is 0. The molecule has 0 bridgehead atoms. The first kappa shape index (κ1) is 51.1. The fourth-order valence-corrected chi connectivity index (χ4v) is 11.2. The first-order valence-electron chi connectivity index (χ1n) is 24.1. The number of benzene rings is 9. The van der Waals surface area contributed by atoms with Gasteiger partial charge in [0, 0.05) is 22.1 Å². The Morgan fingerprint density at radius 3 is 0.933 bits per heavy atom.